The lowest BCUT2D eigenvalue weighted by Gasteiger charge is -2.32. The van der Waals surface area contributed by atoms with Crippen molar-refractivity contribution in [2.24, 2.45) is 5.92 Å². The molecule has 2 aliphatic heterocycles. The van der Waals surface area contributed by atoms with Crippen molar-refractivity contribution in [1.82, 2.24) is 4.90 Å². The molecule has 0 aromatic heterocycles. The molecule has 21 heavy (non-hydrogen) atoms. The first-order valence-corrected chi connectivity index (χ1v) is 8.51. The predicted molar refractivity (Wildman–Crippen MR) is 82.7 cm³/mol. The highest BCUT2D eigenvalue weighted by Gasteiger charge is 2.46. The first kappa shape index (κ1) is 15.4. The molecule has 0 saturated carbocycles. The Kier molecular flexibility index (Phi) is 4.35. The third kappa shape index (κ3) is 3.01. The van der Waals surface area contributed by atoms with Gasteiger partial charge in [0.2, 0.25) is 0 Å². The van der Waals surface area contributed by atoms with Gasteiger partial charge in [-0.25, -0.2) is 4.39 Å². The number of fused-ring (bicyclic) bond motifs is 1. The number of carbonyl (C=O) groups is 1. The summed E-state index contributed by atoms with van der Waals surface area (Å²) in [5.41, 5.74) is -1.37. The van der Waals surface area contributed by atoms with E-state index in [1.165, 1.54) is 6.08 Å². The molecule has 1 N–H and O–H groups in total. The van der Waals surface area contributed by atoms with Gasteiger partial charge in [-0.2, -0.15) is 0 Å². The fraction of sp³-hybridized carbons (Fsp3) is 0.688. The topological polar surface area (TPSA) is 40.5 Å². The van der Waals surface area contributed by atoms with Crippen LogP contribution in [0.3, 0.4) is 0 Å². The lowest BCUT2D eigenvalue weighted by Crippen LogP contribution is -2.46. The van der Waals surface area contributed by atoms with E-state index in [0.717, 1.165) is 36.8 Å². The van der Waals surface area contributed by atoms with Gasteiger partial charge in [-0.15, -0.1) is 0 Å². The van der Waals surface area contributed by atoms with Gasteiger partial charge in [0, 0.05) is 6.04 Å². The number of Topliss-reactive ketones (excluding diaryl/α,β-unsaturated/α-hetero) is 1. The molecule has 3 unspecified atom stereocenters. The lowest BCUT2D eigenvalue weighted by molar-refractivity contribution is -0.143. The quantitative estimate of drug-likeness (QED) is 0.825. The summed E-state index contributed by atoms with van der Waals surface area (Å²) >= 11 is 3.33. The van der Waals surface area contributed by atoms with Crippen LogP contribution in [0.25, 0.3) is 0 Å². The van der Waals surface area contributed by atoms with E-state index in [9.17, 15) is 14.3 Å². The maximum Gasteiger partial charge on any atom is 0.174 e. The Bertz CT molecular complexity index is 505. The Morgan fingerprint density at radius 3 is 2.95 bits per heavy atom. The van der Waals surface area contributed by atoms with Gasteiger partial charge in [-0.05, 0) is 68.2 Å². The van der Waals surface area contributed by atoms with Crippen molar-refractivity contribution in [2.45, 2.75) is 50.2 Å². The van der Waals surface area contributed by atoms with Crippen LogP contribution in [0, 0.1) is 5.92 Å². The van der Waals surface area contributed by atoms with Crippen LogP contribution >= 0.6 is 15.9 Å². The SMILES string of the molecule is O=C(C1CC(Br)=CC=C1F)C1(O)CCCN2CCCC2C1. The number of ketones is 1. The first-order chi connectivity index (χ1) is 9.99. The zero-order chi connectivity index (χ0) is 15.0. The van der Waals surface area contributed by atoms with Crippen molar-refractivity contribution in [3.63, 3.8) is 0 Å². The molecule has 0 spiro atoms. The molecule has 2 saturated heterocycles. The van der Waals surface area contributed by atoms with Gasteiger partial charge in [0.25, 0.3) is 0 Å². The standard InChI is InChI=1S/C16H21BrFNO2/c17-11-4-5-14(18)13(9-11)15(20)16(21)6-2-8-19-7-1-3-12(19)10-16/h4-5,12-13,21H,1-3,6-10H2. The van der Waals surface area contributed by atoms with E-state index >= 15 is 0 Å². The van der Waals surface area contributed by atoms with Gasteiger partial charge >= 0.3 is 0 Å². The van der Waals surface area contributed by atoms with E-state index in [4.69, 9.17) is 0 Å². The van der Waals surface area contributed by atoms with Crippen molar-refractivity contribution < 1.29 is 14.3 Å². The van der Waals surface area contributed by atoms with Crippen molar-refractivity contribution in [3.05, 3.63) is 22.5 Å². The summed E-state index contributed by atoms with van der Waals surface area (Å²) in [4.78, 5) is 15.1. The molecule has 3 aliphatic rings. The van der Waals surface area contributed by atoms with Gasteiger partial charge in [0.1, 0.15) is 11.4 Å². The Labute approximate surface area is 133 Å². The van der Waals surface area contributed by atoms with E-state index in [0.29, 0.717) is 19.3 Å². The van der Waals surface area contributed by atoms with Crippen LogP contribution < -0.4 is 0 Å². The highest BCUT2D eigenvalue weighted by atomic mass is 79.9. The average Bonchev–Trinajstić information content (AvgIpc) is 2.81. The monoisotopic (exact) mass is 357 g/mol. The third-order valence-corrected chi connectivity index (χ3v) is 5.63. The van der Waals surface area contributed by atoms with E-state index in [-0.39, 0.29) is 11.8 Å². The molecule has 0 amide bonds. The number of aliphatic hydroxyl groups is 1. The molecule has 116 valence electrons. The molecule has 2 heterocycles. The van der Waals surface area contributed by atoms with Gasteiger partial charge in [0.15, 0.2) is 5.78 Å². The van der Waals surface area contributed by atoms with E-state index < -0.39 is 17.3 Å². The zero-order valence-corrected chi connectivity index (χ0v) is 13.6. The number of rotatable bonds is 2. The molecule has 3 rings (SSSR count). The molecular formula is C16H21BrFNO2. The number of hydrogen-bond acceptors (Lipinski definition) is 3. The van der Waals surface area contributed by atoms with Crippen LogP contribution in [0.4, 0.5) is 4.39 Å². The number of carbonyl (C=O) groups excluding carboxylic acids is 1. The Morgan fingerprint density at radius 2 is 2.14 bits per heavy atom. The van der Waals surface area contributed by atoms with Crippen LogP contribution in [0.5, 0.6) is 0 Å². The summed E-state index contributed by atoms with van der Waals surface area (Å²) in [5, 5.41) is 10.9. The average molecular weight is 358 g/mol. The molecule has 0 aromatic rings. The lowest BCUT2D eigenvalue weighted by atomic mass is 9.78. The summed E-state index contributed by atoms with van der Waals surface area (Å²) in [7, 11) is 0. The van der Waals surface area contributed by atoms with Crippen molar-refractivity contribution >= 4 is 21.7 Å². The predicted octanol–water partition coefficient (Wildman–Crippen LogP) is 3.09. The normalized spacial score (nSPS) is 37.5. The maximum absolute atomic E-state index is 14.0. The van der Waals surface area contributed by atoms with Crippen molar-refractivity contribution in [3.8, 4) is 0 Å². The smallest absolute Gasteiger partial charge is 0.174 e. The summed E-state index contributed by atoms with van der Waals surface area (Å²) in [6, 6.07) is 0.274. The first-order valence-electron chi connectivity index (χ1n) is 7.72. The highest BCUT2D eigenvalue weighted by molar-refractivity contribution is 9.11. The number of nitrogens with zero attached hydrogens (tertiary/aromatic N) is 1. The fourth-order valence-corrected chi connectivity index (χ4v) is 4.36. The molecule has 1 aliphatic carbocycles. The van der Waals surface area contributed by atoms with E-state index in [1.54, 1.807) is 6.08 Å². The van der Waals surface area contributed by atoms with Crippen molar-refractivity contribution in [2.75, 3.05) is 13.1 Å². The largest absolute Gasteiger partial charge is 0.382 e. The molecule has 0 bridgehead atoms. The van der Waals surface area contributed by atoms with E-state index in [2.05, 4.69) is 20.8 Å². The molecule has 3 nitrogen and oxygen atoms in total. The second kappa shape index (κ2) is 5.94. The van der Waals surface area contributed by atoms with Crippen LogP contribution in [0.1, 0.15) is 38.5 Å². The zero-order valence-electron chi connectivity index (χ0n) is 12.0. The number of hydrogen-bond donors (Lipinski definition) is 1. The van der Waals surface area contributed by atoms with Gasteiger partial charge in [0.05, 0.1) is 5.92 Å². The molecule has 2 fully saturated rings. The number of allylic oxidation sites excluding steroid dienone is 4. The van der Waals surface area contributed by atoms with Gasteiger partial charge in [-0.1, -0.05) is 15.9 Å². The Morgan fingerprint density at radius 1 is 1.38 bits per heavy atom. The van der Waals surface area contributed by atoms with Crippen LogP contribution in [-0.2, 0) is 4.79 Å². The van der Waals surface area contributed by atoms with Gasteiger partial charge in [-0.3, -0.25) is 4.79 Å². The van der Waals surface area contributed by atoms with Crippen LogP contribution in [0.2, 0.25) is 0 Å². The summed E-state index contributed by atoms with van der Waals surface area (Å²) in [5.74, 6) is -1.60. The molecule has 0 radical (unpaired) electrons. The second-order valence-corrected chi connectivity index (χ2v) is 7.48. The number of halogens is 2. The fourth-order valence-electron chi connectivity index (χ4n) is 3.90. The molecule has 5 heteroatoms. The Hall–Kier alpha value is -0.520. The maximum atomic E-state index is 14.0. The van der Waals surface area contributed by atoms with E-state index in [1.807, 2.05) is 0 Å². The minimum absolute atomic E-state index is 0.274. The molecule has 0 aromatic carbocycles. The molecule has 3 atom stereocenters. The van der Waals surface area contributed by atoms with Gasteiger partial charge < -0.3 is 10.0 Å². The molecular weight excluding hydrogens is 337 g/mol. The highest BCUT2D eigenvalue weighted by Crippen LogP contribution is 2.38. The second-order valence-electron chi connectivity index (χ2n) is 6.46. The summed E-state index contributed by atoms with van der Waals surface area (Å²) in [6.07, 6.45) is 7.14. The van der Waals surface area contributed by atoms with Crippen LogP contribution in [-0.4, -0.2) is 40.5 Å². The minimum Gasteiger partial charge on any atom is -0.382 e. The third-order valence-electron chi connectivity index (χ3n) is 5.04. The summed E-state index contributed by atoms with van der Waals surface area (Å²) in [6.45, 7) is 1.99. The minimum atomic E-state index is -1.37. The summed E-state index contributed by atoms with van der Waals surface area (Å²) < 4.78 is 14.8. The van der Waals surface area contributed by atoms with Crippen LogP contribution in [0.15, 0.2) is 22.5 Å². The Balaban J connectivity index is 1.79. The van der Waals surface area contributed by atoms with Crippen molar-refractivity contribution in [1.29, 1.82) is 0 Å².